The molecule has 40 heavy (non-hydrogen) atoms. The van der Waals surface area contributed by atoms with E-state index in [0.717, 1.165) is 24.3 Å². The Morgan fingerprint density at radius 1 is 0.925 bits per heavy atom. The summed E-state index contributed by atoms with van der Waals surface area (Å²) in [6.45, 7) is -0.786. The van der Waals surface area contributed by atoms with Gasteiger partial charge in [0.25, 0.3) is 0 Å². The van der Waals surface area contributed by atoms with E-state index in [9.17, 15) is 45.3 Å². The number of aromatic hydroxyl groups is 4. The molecule has 2 heterocycles. The number of hydrogen-bond donors (Lipinski definition) is 7. The average Bonchev–Trinajstić information content (AvgIpc) is 2.93. The number of phenolic OH excluding ortho intramolecular Hbond substituents is 4. The molecule has 1 saturated heterocycles. The van der Waals surface area contributed by atoms with Crippen LogP contribution < -0.4 is 5.43 Å². The predicted octanol–water partition coefficient (Wildman–Crippen LogP) is 1.55. The van der Waals surface area contributed by atoms with Gasteiger partial charge in [0, 0.05) is 18.2 Å². The molecule has 208 valence electrons. The lowest BCUT2D eigenvalue weighted by molar-refractivity contribution is -0.240. The number of aliphatic hydroxyl groups is 3. The van der Waals surface area contributed by atoms with Crippen LogP contribution in [0.4, 0.5) is 0 Å². The van der Waals surface area contributed by atoms with Crippen LogP contribution in [-0.4, -0.2) is 72.7 Å². The maximum Gasteiger partial charge on any atom is 0.331 e. The van der Waals surface area contributed by atoms with Gasteiger partial charge in [-0.05, 0) is 17.7 Å². The van der Waals surface area contributed by atoms with E-state index in [1.807, 2.05) is 0 Å². The van der Waals surface area contributed by atoms with Gasteiger partial charge in [-0.25, -0.2) is 4.79 Å². The first-order valence-electron chi connectivity index (χ1n) is 12.0. The summed E-state index contributed by atoms with van der Waals surface area (Å²) in [7, 11) is 0. The molecular weight excluding hydrogens is 528 g/mol. The summed E-state index contributed by atoms with van der Waals surface area (Å²) in [4.78, 5) is 25.6. The average molecular weight is 552 g/mol. The van der Waals surface area contributed by atoms with Crippen molar-refractivity contribution < 1.29 is 54.4 Å². The molecule has 0 amide bonds. The Labute approximate surface area is 224 Å². The fourth-order valence-electron chi connectivity index (χ4n) is 4.67. The van der Waals surface area contributed by atoms with E-state index < -0.39 is 82.5 Å². The Kier molecular flexibility index (Phi) is 7.08. The van der Waals surface area contributed by atoms with E-state index in [1.54, 1.807) is 30.3 Å². The van der Waals surface area contributed by atoms with Gasteiger partial charge in [-0.2, -0.15) is 0 Å². The number of benzene rings is 3. The lowest BCUT2D eigenvalue weighted by Crippen LogP contribution is -2.56. The van der Waals surface area contributed by atoms with Crippen molar-refractivity contribution >= 4 is 34.0 Å². The third-order valence-corrected chi connectivity index (χ3v) is 6.66. The monoisotopic (exact) mass is 552 g/mol. The molecule has 5 atom stereocenters. The minimum atomic E-state index is -1.90. The number of phenols is 4. The topological polar surface area (TPSA) is 207 Å². The molecule has 12 nitrogen and oxygen atoms in total. The van der Waals surface area contributed by atoms with Crippen molar-refractivity contribution in [2.75, 3.05) is 6.61 Å². The third kappa shape index (κ3) is 4.69. The molecule has 1 aliphatic heterocycles. The summed E-state index contributed by atoms with van der Waals surface area (Å²) in [6, 6.07) is 11.7. The summed E-state index contributed by atoms with van der Waals surface area (Å²) in [5.74, 6) is -3.61. The quantitative estimate of drug-likeness (QED) is 0.0814. The lowest BCUT2D eigenvalue weighted by Gasteiger charge is -2.41. The Morgan fingerprint density at radius 2 is 1.60 bits per heavy atom. The number of carbonyl (C=O) groups is 1. The first-order chi connectivity index (χ1) is 19.1. The fourth-order valence-corrected chi connectivity index (χ4v) is 4.67. The summed E-state index contributed by atoms with van der Waals surface area (Å²) in [6.07, 6.45) is -5.80. The summed E-state index contributed by atoms with van der Waals surface area (Å²) in [5.41, 5.74) is -1.07. The molecule has 1 aromatic heterocycles. The van der Waals surface area contributed by atoms with Crippen LogP contribution in [0.15, 0.2) is 63.8 Å². The van der Waals surface area contributed by atoms with E-state index in [4.69, 9.17) is 13.9 Å². The molecule has 12 heteroatoms. The van der Waals surface area contributed by atoms with E-state index >= 15 is 0 Å². The van der Waals surface area contributed by atoms with Gasteiger partial charge in [0.15, 0.2) is 17.6 Å². The standard InChI is InChI=1S/C28H24O12/c29-11-19-27(40-20(33)7-6-12-4-2-1-3-5-12)25(36)26(37)28(39-19)21-16(32)10-18-22(24(21)35)23(34)13-8-14(30)15(31)9-17(13)38-18/h1-10,19,25-32,35-37H,11H2/t19-,25-,26-,27-,28+/m1/s1. The van der Waals surface area contributed by atoms with Crippen molar-refractivity contribution in [3.8, 4) is 23.0 Å². The van der Waals surface area contributed by atoms with Gasteiger partial charge < -0.3 is 49.6 Å². The fraction of sp³-hybridized carbons (Fsp3) is 0.214. The number of fused-ring (bicyclic) bond motifs is 2. The first kappa shape index (κ1) is 27.0. The van der Waals surface area contributed by atoms with Gasteiger partial charge in [0.2, 0.25) is 5.43 Å². The Balaban J connectivity index is 1.49. The smallest absolute Gasteiger partial charge is 0.331 e. The van der Waals surface area contributed by atoms with Crippen molar-refractivity contribution in [3.05, 3.63) is 76.0 Å². The molecule has 0 unspecified atom stereocenters. The highest BCUT2D eigenvalue weighted by atomic mass is 16.6. The van der Waals surface area contributed by atoms with Crippen molar-refractivity contribution in [2.45, 2.75) is 30.5 Å². The molecule has 0 saturated carbocycles. The maximum absolute atomic E-state index is 13.2. The summed E-state index contributed by atoms with van der Waals surface area (Å²) < 4.78 is 16.4. The zero-order valence-electron chi connectivity index (χ0n) is 20.5. The second-order valence-electron chi connectivity index (χ2n) is 9.20. The Hall–Kier alpha value is -4.62. The van der Waals surface area contributed by atoms with Gasteiger partial charge in [-0.3, -0.25) is 4.79 Å². The largest absolute Gasteiger partial charge is 0.507 e. The van der Waals surface area contributed by atoms with E-state index in [1.165, 1.54) is 6.08 Å². The van der Waals surface area contributed by atoms with Crippen molar-refractivity contribution in [2.24, 2.45) is 0 Å². The lowest BCUT2D eigenvalue weighted by atomic mass is 9.89. The van der Waals surface area contributed by atoms with Gasteiger partial charge >= 0.3 is 5.97 Å². The molecule has 4 aromatic rings. The van der Waals surface area contributed by atoms with Crippen LogP contribution >= 0.6 is 0 Å². The third-order valence-electron chi connectivity index (χ3n) is 6.66. The zero-order chi connectivity index (χ0) is 28.7. The molecule has 0 bridgehead atoms. The highest BCUT2D eigenvalue weighted by molar-refractivity contribution is 5.96. The molecule has 7 N–H and O–H groups in total. The normalized spacial score (nSPS) is 23.1. The number of rotatable bonds is 5. The first-order valence-corrected chi connectivity index (χ1v) is 12.0. The number of hydrogen-bond acceptors (Lipinski definition) is 12. The minimum absolute atomic E-state index is 0.143. The molecule has 3 aromatic carbocycles. The van der Waals surface area contributed by atoms with Gasteiger partial charge in [0.1, 0.15) is 52.5 Å². The SMILES string of the molecule is O=C(C=Cc1ccccc1)O[C@H]1[C@H](O)[C@@H](O)[C@H](c2c(O)cc3oc4cc(O)c(O)cc4c(=O)c3c2O)O[C@@H]1CO. The molecule has 1 fully saturated rings. The van der Waals surface area contributed by atoms with Crippen molar-refractivity contribution in [1.82, 2.24) is 0 Å². The van der Waals surface area contributed by atoms with E-state index in [-0.39, 0.29) is 16.6 Å². The molecule has 0 radical (unpaired) electrons. The van der Waals surface area contributed by atoms with Crippen LogP contribution in [0.3, 0.4) is 0 Å². The van der Waals surface area contributed by atoms with E-state index in [0.29, 0.717) is 5.56 Å². The second-order valence-corrected chi connectivity index (χ2v) is 9.20. The van der Waals surface area contributed by atoms with Crippen LogP contribution in [0.25, 0.3) is 28.0 Å². The number of esters is 1. The highest BCUT2D eigenvalue weighted by Gasteiger charge is 2.48. The Bertz CT molecular complexity index is 1670. The molecule has 0 aliphatic carbocycles. The van der Waals surface area contributed by atoms with Crippen LogP contribution in [0.2, 0.25) is 0 Å². The highest BCUT2D eigenvalue weighted by Crippen LogP contribution is 2.45. The van der Waals surface area contributed by atoms with Crippen LogP contribution in [0.1, 0.15) is 17.2 Å². The van der Waals surface area contributed by atoms with Gasteiger partial charge in [-0.1, -0.05) is 30.3 Å². The molecule has 5 rings (SSSR count). The number of ether oxygens (including phenoxy) is 2. The number of aliphatic hydroxyl groups excluding tert-OH is 3. The summed E-state index contributed by atoms with van der Waals surface area (Å²) >= 11 is 0. The zero-order valence-corrected chi connectivity index (χ0v) is 20.5. The van der Waals surface area contributed by atoms with Gasteiger partial charge in [0.05, 0.1) is 17.6 Å². The Morgan fingerprint density at radius 3 is 2.30 bits per heavy atom. The molecule has 1 aliphatic rings. The number of carbonyl (C=O) groups excluding carboxylic acids is 1. The molecule has 0 spiro atoms. The van der Waals surface area contributed by atoms with Gasteiger partial charge in [-0.15, -0.1) is 0 Å². The van der Waals surface area contributed by atoms with Crippen molar-refractivity contribution in [1.29, 1.82) is 0 Å². The van der Waals surface area contributed by atoms with Crippen LogP contribution in [0, 0.1) is 0 Å². The molecular formula is C28H24O12. The second kappa shape index (κ2) is 10.5. The van der Waals surface area contributed by atoms with Crippen LogP contribution in [0.5, 0.6) is 23.0 Å². The van der Waals surface area contributed by atoms with E-state index in [2.05, 4.69) is 0 Å². The van der Waals surface area contributed by atoms with Crippen molar-refractivity contribution in [3.63, 3.8) is 0 Å². The minimum Gasteiger partial charge on any atom is -0.507 e. The predicted molar refractivity (Wildman–Crippen MR) is 139 cm³/mol. The maximum atomic E-state index is 13.2. The van der Waals surface area contributed by atoms with Crippen LogP contribution in [-0.2, 0) is 14.3 Å². The summed E-state index contributed by atoms with van der Waals surface area (Å²) in [5, 5.41) is 72.2.